The fraction of sp³-hybridized carbons (Fsp3) is 0. The molecule has 0 amide bonds. The summed E-state index contributed by atoms with van der Waals surface area (Å²) in [4.78, 5) is 8.36. The van der Waals surface area contributed by atoms with Crippen LogP contribution in [0.3, 0.4) is 0 Å². The predicted octanol–water partition coefficient (Wildman–Crippen LogP) is 2.07. The third-order valence-corrected chi connectivity index (χ3v) is 1.00. The first kappa shape index (κ1) is 11.0. The second-order valence-electron chi connectivity index (χ2n) is 1.82. The SMILES string of the molecule is O=CO.OC=CC=Cc1ccco1. The van der Waals surface area contributed by atoms with Crippen LogP contribution in [-0.4, -0.2) is 16.7 Å². The lowest BCUT2D eigenvalue weighted by Gasteiger charge is -1.77. The molecule has 0 unspecified atom stereocenters. The topological polar surface area (TPSA) is 70.7 Å². The molecule has 0 fully saturated rings. The molecule has 0 saturated carbocycles. The van der Waals surface area contributed by atoms with Gasteiger partial charge in [0.25, 0.3) is 6.47 Å². The Morgan fingerprint density at radius 2 is 2.00 bits per heavy atom. The van der Waals surface area contributed by atoms with Crippen molar-refractivity contribution in [3.05, 3.63) is 42.6 Å². The van der Waals surface area contributed by atoms with Gasteiger partial charge in [-0.05, 0) is 24.3 Å². The van der Waals surface area contributed by atoms with E-state index in [0.717, 1.165) is 12.0 Å². The summed E-state index contributed by atoms with van der Waals surface area (Å²) in [6.07, 6.45) is 7.54. The van der Waals surface area contributed by atoms with Gasteiger partial charge < -0.3 is 14.6 Å². The van der Waals surface area contributed by atoms with Crippen LogP contribution in [-0.2, 0) is 4.79 Å². The Kier molecular flexibility index (Phi) is 6.90. The highest BCUT2D eigenvalue weighted by atomic mass is 16.3. The molecule has 0 spiro atoms. The maximum atomic E-state index is 8.36. The van der Waals surface area contributed by atoms with Crippen LogP contribution in [0.5, 0.6) is 0 Å². The Labute approximate surface area is 75.4 Å². The quantitative estimate of drug-likeness (QED) is 0.417. The Balaban J connectivity index is 0.000000424. The third-order valence-electron chi connectivity index (χ3n) is 1.00. The number of aliphatic hydroxyl groups excluding tert-OH is 1. The zero-order chi connectivity index (χ0) is 9.94. The van der Waals surface area contributed by atoms with Gasteiger partial charge in [-0.15, -0.1) is 0 Å². The first-order valence-electron chi connectivity index (χ1n) is 3.44. The van der Waals surface area contributed by atoms with Crippen molar-refractivity contribution in [1.29, 1.82) is 0 Å². The zero-order valence-electron chi connectivity index (χ0n) is 6.83. The predicted molar refractivity (Wildman–Crippen MR) is 48.2 cm³/mol. The Morgan fingerprint density at radius 3 is 2.46 bits per heavy atom. The van der Waals surface area contributed by atoms with Gasteiger partial charge in [0, 0.05) is 0 Å². The molecule has 0 radical (unpaired) electrons. The van der Waals surface area contributed by atoms with Gasteiger partial charge in [0.15, 0.2) is 0 Å². The molecule has 1 heterocycles. The smallest absolute Gasteiger partial charge is 0.290 e. The lowest BCUT2D eigenvalue weighted by molar-refractivity contribution is -0.122. The van der Waals surface area contributed by atoms with Crippen LogP contribution in [0.25, 0.3) is 6.08 Å². The van der Waals surface area contributed by atoms with Gasteiger partial charge in [0.1, 0.15) is 5.76 Å². The molecule has 2 N–H and O–H groups in total. The maximum Gasteiger partial charge on any atom is 0.290 e. The molecule has 0 aliphatic heterocycles. The van der Waals surface area contributed by atoms with E-state index in [4.69, 9.17) is 19.4 Å². The van der Waals surface area contributed by atoms with E-state index in [2.05, 4.69) is 0 Å². The number of hydrogen-bond donors (Lipinski definition) is 2. The van der Waals surface area contributed by atoms with Crippen LogP contribution in [0.15, 0.2) is 41.2 Å². The molecular formula is C9H10O4. The molecule has 0 saturated heterocycles. The summed E-state index contributed by atoms with van der Waals surface area (Å²) in [5.41, 5.74) is 0. The highest BCUT2D eigenvalue weighted by Gasteiger charge is 1.82. The fourth-order valence-electron chi connectivity index (χ4n) is 0.586. The normalized spacial score (nSPS) is 9.85. The number of rotatable bonds is 2. The van der Waals surface area contributed by atoms with Crippen molar-refractivity contribution in [2.75, 3.05) is 0 Å². The van der Waals surface area contributed by atoms with Crippen molar-refractivity contribution in [2.45, 2.75) is 0 Å². The summed E-state index contributed by atoms with van der Waals surface area (Å²) in [5, 5.41) is 15.1. The standard InChI is InChI=1S/C8H8O2.CH2O2/c9-6-2-1-4-8-5-3-7-10-8;2-1-3/h1-7,9H;1H,(H,2,3). The Hall–Kier alpha value is -1.97. The number of carboxylic acid groups (broad SMARTS) is 1. The van der Waals surface area contributed by atoms with Gasteiger partial charge in [-0.3, -0.25) is 4.79 Å². The highest BCUT2D eigenvalue weighted by molar-refractivity contribution is 5.44. The Bertz CT molecular complexity index is 259. The van der Waals surface area contributed by atoms with Crippen molar-refractivity contribution < 1.29 is 19.4 Å². The maximum absolute atomic E-state index is 8.36. The van der Waals surface area contributed by atoms with E-state index in [1.807, 2.05) is 12.1 Å². The number of allylic oxidation sites excluding steroid dienone is 2. The molecule has 4 heteroatoms. The molecule has 1 aromatic heterocycles. The van der Waals surface area contributed by atoms with Crippen LogP contribution >= 0.6 is 0 Å². The van der Waals surface area contributed by atoms with Gasteiger partial charge in [0.2, 0.25) is 0 Å². The molecule has 0 aromatic carbocycles. The molecule has 0 aliphatic rings. The summed E-state index contributed by atoms with van der Waals surface area (Å²) >= 11 is 0. The average Bonchev–Trinajstić information content (AvgIpc) is 2.59. The van der Waals surface area contributed by atoms with Crippen molar-refractivity contribution >= 4 is 12.5 Å². The first-order valence-corrected chi connectivity index (χ1v) is 3.44. The molecular weight excluding hydrogens is 172 g/mol. The summed E-state index contributed by atoms with van der Waals surface area (Å²) in [6, 6.07) is 3.64. The monoisotopic (exact) mass is 182 g/mol. The fourth-order valence-corrected chi connectivity index (χ4v) is 0.586. The lowest BCUT2D eigenvalue weighted by Crippen LogP contribution is -1.57. The molecule has 0 atom stereocenters. The molecule has 0 aliphatic carbocycles. The van der Waals surface area contributed by atoms with E-state index in [0.29, 0.717) is 0 Å². The number of carbonyl (C=O) groups is 1. The average molecular weight is 182 g/mol. The minimum atomic E-state index is -0.250. The van der Waals surface area contributed by atoms with Crippen LogP contribution in [0.2, 0.25) is 0 Å². The zero-order valence-corrected chi connectivity index (χ0v) is 6.83. The van der Waals surface area contributed by atoms with Crippen LogP contribution in [0.4, 0.5) is 0 Å². The second kappa shape index (κ2) is 8.13. The summed E-state index contributed by atoms with van der Waals surface area (Å²) < 4.78 is 4.98. The van der Waals surface area contributed by atoms with Crippen molar-refractivity contribution in [2.24, 2.45) is 0 Å². The molecule has 4 nitrogen and oxygen atoms in total. The molecule has 0 bridgehead atoms. The van der Waals surface area contributed by atoms with Gasteiger partial charge in [-0.25, -0.2) is 0 Å². The minimum Gasteiger partial charge on any atom is -0.516 e. The van der Waals surface area contributed by atoms with Crippen molar-refractivity contribution in [3.63, 3.8) is 0 Å². The van der Waals surface area contributed by atoms with E-state index >= 15 is 0 Å². The largest absolute Gasteiger partial charge is 0.516 e. The molecule has 13 heavy (non-hydrogen) atoms. The first-order chi connectivity index (χ1) is 6.35. The summed E-state index contributed by atoms with van der Waals surface area (Å²) in [5.74, 6) is 0.776. The van der Waals surface area contributed by atoms with Crippen LogP contribution in [0.1, 0.15) is 5.76 Å². The summed E-state index contributed by atoms with van der Waals surface area (Å²) in [6.45, 7) is -0.250. The lowest BCUT2D eigenvalue weighted by atomic mass is 10.4. The van der Waals surface area contributed by atoms with E-state index in [1.54, 1.807) is 18.4 Å². The molecule has 70 valence electrons. The van der Waals surface area contributed by atoms with Gasteiger partial charge in [-0.2, -0.15) is 0 Å². The highest BCUT2D eigenvalue weighted by Crippen LogP contribution is 2.01. The van der Waals surface area contributed by atoms with Crippen LogP contribution < -0.4 is 0 Å². The van der Waals surface area contributed by atoms with E-state index < -0.39 is 0 Å². The van der Waals surface area contributed by atoms with Crippen LogP contribution in [0, 0.1) is 0 Å². The van der Waals surface area contributed by atoms with Crippen molar-refractivity contribution in [3.8, 4) is 0 Å². The summed E-state index contributed by atoms with van der Waals surface area (Å²) in [7, 11) is 0. The number of hydrogen-bond acceptors (Lipinski definition) is 3. The molecule has 1 aromatic rings. The van der Waals surface area contributed by atoms with Gasteiger partial charge in [0.05, 0.1) is 12.5 Å². The Morgan fingerprint density at radius 1 is 1.31 bits per heavy atom. The second-order valence-corrected chi connectivity index (χ2v) is 1.82. The van der Waals surface area contributed by atoms with E-state index in [1.165, 1.54) is 6.08 Å². The number of aliphatic hydroxyl groups is 1. The molecule has 1 rings (SSSR count). The minimum absolute atomic E-state index is 0.250. The van der Waals surface area contributed by atoms with Crippen molar-refractivity contribution in [1.82, 2.24) is 0 Å². The van der Waals surface area contributed by atoms with E-state index in [-0.39, 0.29) is 6.47 Å². The van der Waals surface area contributed by atoms with Gasteiger partial charge >= 0.3 is 0 Å². The van der Waals surface area contributed by atoms with E-state index in [9.17, 15) is 0 Å². The number of furan rings is 1. The third kappa shape index (κ3) is 6.43. The van der Waals surface area contributed by atoms with Gasteiger partial charge in [-0.1, -0.05) is 6.08 Å².